The number of hydrogen-bond acceptors (Lipinski definition) is 10. The van der Waals surface area contributed by atoms with Gasteiger partial charge in [-0.25, -0.2) is 14.6 Å². The zero-order valence-electron chi connectivity index (χ0n) is 28.4. The van der Waals surface area contributed by atoms with Gasteiger partial charge < -0.3 is 19.5 Å². The van der Waals surface area contributed by atoms with Crippen molar-refractivity contribution in [3.05, 3.63) is 34.2 Å². The lowest BCUT2D eigenvalue weighted by Gasteiger charge is -2.51. The van der Waals surface area contributed by atoms with Crippen molar-refractivity contribution in [3.63, 3.8) is 0 Å². The molecule has 3 aromatic rings. The highest BCUT2D eigenvalue weighted by atomic mass is 79.9. The van der Waals surface area contributed by atoms with E-state index in [1.165, 1.54) is 7.11 Å². The molecule has 0 fully saturated rings. The van der Waals surface area contributed by atoms with Gasteiger partial charge in [-0.05, 0) is 94.4 Å². The summed E-state index contributed by atoms with van der Waals surface area (Å²) < 4.78 is 18.6. The molecule has 3 aromatic heterocycles. The monoisotopic (exact) mass is 700 g/mol. The van der Waals surface area contributed by atoms with Gasteiger partial charge in [0.1, 0.15) is 28.1 Å². The maximum absolute atomic E-state index is 13.3. The van der Waals surface area contributed by atoms with E-state index in [2.05, 4.69) is 54.6 Å². The van der Waals surface area contributed by atoms with Crippen molar-refractivity contribution in [2.75, 3.05) is 31.4 Å². The molecule has 0 spiro atoms. The summed E-state index contributed by atoms with van der Waals surface area (Å²) in [5, 5.41) is 10.6. The first-order valence-corrected chi connectivity index (χ1v) is 16.1. The van der Waals surface area contributed by atoms with Crippen LogP contribution in [-0.4, -0.2) is 79.3 Å². The first-order valence-electron chi connectivity index (χ1n) is 15.3. The van der Waals surface area contributed by atoms with Gasteiger partial charge in [0.05, 0.1) is 26.3 Å². The lowest BCUT2D eigenvalue weighted by atomic mass is 9.79. The molecule has 0 bridgehead atoms. The van der Waals surface area contributed by atoms with Gasteiger partial charge in [-0.1, -0.05) is 19.4 Å². The number of unbranched alkanes of at least 4 members (excludes halogenated alkanes) is 1. The number of aromatic nitrogens is 5. The summed E-state index contributed by atoms with van der Waals surface area (Å²) in [5.41, 5.74) is 2.04. The van der Waals surface area contributed by atoms with Crippen LogP contribution in [0.1, 0.15) is 85.9 Å². The van der Waals surface area contributed by atoms with Crippen molar-refractivity contribution in [1.82, 2.24) is 29.6 Å². The van der Waals surface area contributed by atoms with Crippen molar-refractivity contribution in [2.24, 2.45) is 0 Å². The topological polar surface area (TPSA) is 146 Å². The third kappa shape index (κ3) is 7.71. The summed E-state index contributed by atoms with van der Waals surface area (Å²) in [6.45, 7) is 16.8. The van der Waals surface area contributed by atoms with Crippen molar-refractivity contribution in [3.8, 4) is 5.75 Å². The van der Waals surface area contributed by atoms with E-state index >= 15 is 0 Å². The predicted molar refractivity (Wildman–Crippen MR) is 181 cm³/mol. The molecule has 2 N–H and O–H groups in total. The summed E-state index contributed by atoms with van der Waals surface area (Å²) in [5.74, 6) is 1.20. The highest BCUT2D eigenvalue weighted by Crippen LogP contribution is 2.42. The second kappa shape index (κ2) is 13.4. The number of carbonyl (C=O) groups excluding carboxylic acids is 2. The molecule has 46 heavy (non-hydrogen) atoms. The molecule has 4 rings (SSSR count). The average Bonchev–Trinajstić information content (AvgIpc) is 3.25. The smallest absolute Gasteiger partial charge is 0.413 e. The molecule has 0 saturated carbocycles. The van der Waals surface area contributed by atoms with Crippen LogP contribution in [0.4, 0.5) is 21.4 Å². The number of nitrogens with zero attached hydrogens (tertiary/aromatic N) is 6. The van der Waals surface area contributed by atoms with Gasteiger partial charge in [0.15, 0.2) is 10.4 Å². The zero-order chi connectivity index (χ0) is 34.0. The molecule has 0 aliphatic carbocycles. The quantitative estimate of drug-likeness (QED) is 0.224. The van der Waals surface area contributed by atoms with E-state index in [-0.39, 0.29) is 18.6 Å². The van der Waals surface area contributed by atoms with E-state index in [9.17, 15) is 9.59 Å². The molecule has 13 nitrogen and oxygen atoms in total. The Hall–Kier alpha value is -3.94. The molecule has 0 saturated heterocycles. The van der Waals surface area contributed by atoms with Gasteiger partial charge in [-0.3, -0.25) is 19.9 Å². The third-order valence-electron chi connectivity index (χ3n) is 7.50. The Bertz CT molecular complexity index is 1640. The van der Waals surface area contributed by atoms with Crippen LogP contribution in [0.15, 0.2) is 22.9 Å². The van der Waals surface area contributed by atoms with Gasteiger partial charge in [0, 0.05) is 18.3 Å². The normalized spacial score (nSPS) is 15.7. The lowest BCUT2D eigenvalue weighted by Crippen LogP contribution is -2.60. The molecule has 4 heterocycles. The number of fused-ring (bicyclic) bond motifs is 1. The van der Waals surface area contributed by atoms with E-state index in [1.807, 2.05) is 65.6 Å². The van der Waals surface area contributed by atoms with Gasteiger partial charge in [-0.2, -0.15) is 10.1 Å². The zero-order valence-corrected chi connectivity index (χ0v) is 30.0. The number of halogens is 1. The van der Waals surface area contributed by atoms with Gasteiger partial charge >= 0.3 is 12.2 Å². The minimum absolute atomic E-state index is 0.0931. The number of carbonyl (C=O) groups is 2. The van der Waals surface area contributed by atoms with Crippen LogP contribution in [0, 0.1) is 0 Å². The number of ether oxygens (including phenoxy) is 3. The van der Waals surface area contributed by atoms with Crippen molar-refractivity contribution in [2.45, 2.75) is 97.9 Å². The fraction of sp³-hybridized carbons (Fsp3) is 0.562. The van der Waals surface area contributed by atoms with E-state index in [0.717, 1.165) is 24.0 Å². The Morgan fingerprint density at radius 2 is 1.85 bits per heavy atom. The van der Waals surface area contributed by atoms with E-state index in [4.69, 9.17) is 19.2 Å². The fourth-order valence-electron chi connectivity index (χ4n) is 5.79. The number of nitrogens with one attached hydrogen (secondary N) is 2. The molecular weight excluding hydrogens is 656 g/mol. The summed E-state index contributed by atoms with van der Waals surface area (Å²) in [7, 11) is 2.89. The van der Waals surface area contributed by atoms with E-state index in [0.29, 0.717) is 45.9 Å². The number of methoxy groups -OCH3 is 2. The van der Waals surface area contributed by atoms with Crippen LogP contribution in [0.25, 0.3) is 16.6 Å². The molecule has 2 amide bonds. The Labute approximate surface area is 278 Å². The number of amides is 2. The first kappa shape index (κ1) is 34.9. The summed E-state index contributed by atoms with van der Waals surface area (Å²) in [4.78, 5) is 40.9. The third-order valence-corrected chi connectivity index (χ3v) is 8.03. The van der Waals surface area contributed by atoms with Gasteiger partial charge in [-0.15, -0.1) is 0 Å². The SMILES string of the molecule is CCCCNc1nc(NC(=O)OC)nc2c(Br)nn(Cc3ncc(C4=CC(C)(C)N(C(=O)OC(C)(C)C)C(C)(C)C4)cc3OC)c12. The minimum atomic E-state index is -0.672. The molecule has 14 heteroatoms. The molecule has 1 aliphatic heterocycles. The summed E-state index contributed by atoms with van der Waals surface area (Å²) in [6, 6.07) is 1.97. The van der Waals surface area contributed by atoms with Crippen LogP contribution in [-0.2, 0) is 16.0 Å². The number of rotatable bonds is 9. The van der Waals surface area contributed by atoms with Gasteiger partial charge in [0.25, 0.3) is 0 Å². The van der Waals surface area contributed by atoms with Crippen molar-refractivity contribution in [1.29, 1.82) is 0 Å². The van der Waals surface area contributed by atoms with Crippen molar-refractivity contribution < 1.29 is 23.8 Å². The summed E-state index contributed by atoms with van der Waals surface area (Å²) in [6.07, 6.45) is 5.43. The average molecular weight is 702 g/mol. The number of anilines is 2. The first-order chi connectivity index (χ1) is 21.5. The molecule has 1 aliphatic rings. The maximum atomic E-state index is 13.3. The minimum Gasteiger partial charge on any atom is -0.495 e. The fourth-order valence-corrected chi connectivity index (χ4v) is 6.26. The molecular formula is C32H45BrN8O5. The van der Waals surface area contributed by atoms with Crippen LogP contribution in [0.2, 0.25) is 0 Å². The van der Waals surface area contributed by atoms with E-state index < -0.39 is 22.8 Å². The summed E-state index contributed by atoms with van der Waals surface area (Å²) >= 11 is 3.53. The second-order valence-electron chi connectivity index (χ2n) is 13.4. The van der Waals surface area contributed by atoms with Crippen LogP contribution in [0.5, 0.6) is 5.75 Å². The number of pyridine rings is 1. The Morgan fingerprint density at radius 3 is 2.46 bits per heavy atom. The standard InChI is InChI=1S/C32H45BrN8O5/c1-11-12-13-34-26-24-23(36-27(37-26)38-28(42)45-10)25(33)39-40(24)18-21-22(44-9)14-19(17-35-21)20-15-31(5,6)41(32(7,8)16-20)29(43)46-30(2,3)4/h14-15,17H,11-13,16,18H2,1-10H3,(H2,34,36,37,38,42). The van der Waals surface area contributed by atoms with Gasteiger partial charge in [0.2, 0.25) is 5.95 Å². The highest BCUT2D eigenvalue weighted by Gasteiger charge is 2.46. The lowest BCUT2D eigenvalue weighted by molar-refractivity contribution is -0.0216. The van der Waals surface area contributed by atoms with Crippen LogP contribution < -0.4 is 15.4 Å². The Morgan fingerprint density at radius 1 is 1.13 bits per heavy atom. The Kier molecular flexibility index (Phi) is 10.2. The Balaban J connectivity index is 1.70. The highest BCUT2D eigenvalue weighted by molar-refractivity contribution is 9.10. The molecule has 0 unspecified atom stereocenters. The van der Waals surface area contributed by atoms with Crippen molar-refractivity contribution >= 4 is 56.5 Å². The predicted octanol–water partition coefficient (Wildman–Crippen LogP) is 7.01. The largest absolute Gasteiger partial charge is 0.495 e. The molecule has 250 valence electrons. The second-order valence-corrected chi connectivity index (χ2v) is 14.2. The van der Waals surface area contributed by atoms with Crippen LogP contribution in [0.3, 0.4) is 0 Å². The molecule has 0 atom stereocenters. The van der Waals surface area contributed by atoms with Crippen LogP contribution >= 0.6 is 15.9 Å². The van der Waals surface area contributed by atoms with E-state index in [1.54, 1.807) is 11.8 Å². The molecule has 0 radical (unpaired) electrons. The molecule has 0 aromatic carbocycles. The maximum Gasteiger partial charge on any atom is 0.413 e. The number of hydrogen-bond donors (Lipinski definition) is 2.